The van der Waals surface area contributed by atoms with Crippen LogP contribution in [0.15, 0.2) is 36.7 Å². The number of nitrogens with zero attached hydrogens (tertiary/aromatic N) is 4. The van der Waals surface area contributed by atoms with Crippen LogP contribution in [0.2, 0.25) is 0 Å². The third-order valence-electron chi connectivity index (χ3n) is 4.06. The van der Waals surface area contributed by atoms with Crippen molar-refractivity contribution < 1.29 is 4.79 Å². The van der Waals surface area contributed by atoms with Crippen LogP contribution < -0.4 is 11.1 Å². The second kappa shape index (κ2) is 5.90. The largest absolute Gasteiger partial charge is 0.383 e. The molecule has 3 heterocycles. The number of anilines is 1. The fraction of sp³-hybridized carbons (Fsp3) is 0.176. The van der Waals surface area contributed by atoms with Gasteiger partial charge in [-0.3, -0.25) is 14.6 Å². The van der Waals surface area contributed by atoms with E-state index < -0.39 is 0 Å². The van der Waals surface area contributed by atoms with Crippen molar-refractivity contribution in [3.8, 4) is 11.3 Å². The smallest absolute Gasteiger partial charge is 0.216 e. The lowest BCUT2D eigenvalue weighted by Gasteiger charge is -2.04. The number of fused-ring (bicyclic) bond motifs is 3. The van der Waals surface area contributed by atoms with Crippen LogP contribution in [0.25, 0.3) is 33.1 Å². The lowest BCUT2D eigenvalue weighted by atomic mass is 10.1. The monoisotopic (exact) mass is 335 g/mol. The van der Waals surface area contributed by atoms with Crippen LogP contribution in [0.3, 0.4) is 0 Å². The zero-order chi connectivity index (χ0) is 17.4. The summed E-state index contributed by atoms with van der Waals surface area (Å²) >= 11 is 0. The van der Waals surface area contributed by atoms with E-state index in [1.165, 1.54) is 6.92 Å². The maximum atomic E-state index is 11.0. The minimum Gasteiger partial charge on any atom is -0.383 e. The van der Waals surface area contributed by atoms with Crippen molar-refractivity contribution in [3.05, 3.63) is 36.7 Å². The molecule has 0 aliphatic rings. The normalized spacial score (nSPS) is 11.2. The highest BCUT2D eigenvalue weighted by Gasteiger charge is 2.12. The molecule has 0 fully saturated rings. The predicted molar refractivity (Wildman–Crippen MR) is 95.7 cm³/mol. The van der Waals surface area contributed by atoms with E-state index in [0.29, 0.717) is 18.9 Å². The zero-order valence-electron chi connectivity index (χ0n) is 13.7. The average Bonchev–Trinajstić information content (AvgIpc) is 3.24. The molecule has 0 bridgehead atoms. The van der Waals surface area contributed by atoms with Crippen LogP contribution in [-0.2, 0) is 11.3 Å². The van der Waals surface area contributed by atoms with Crippen LogP contribution in [-0.4, -0.2) is 37.4 Å². The first kappa shape index (κ1) is 15.1. The molecule has 0 aliphatic heterocycles. The van der Waals surface area contributed by atoms with Crippen LogP contribution in [0.4, 0.5) is 5.82 Å². The quantitative estimate of drug-likeness (QED) is 0.525. The number of aromatic nitrogens is 5. The standard InChI is InChI=1S/C17H17N7O/c1-10(25)19-6-7-24-9-13-16(23-24)12-3-2-11(14-4-5-20-22-14)8-15(12)21-17(13)18/h2-5,8-9H,6-7H2,1H3,(H2,18,21)(H,19,25)(H,20,22). The number of nitrogens with two attached hydrogens (primary N) is 1. The van der Waals surface area contributed by atoms with Crippen molar-refractivity contribution in [2.45, 2.75) is 13.5 Å². The summed E-state index contributed by atoms with van der Waals surface area (Å²) in [6.07, 6.45) is 3.57. The van der Waals surface area contributed by atoms with Gasteiger partial charge in [-0.25, -0.2) is 4.98 Å². The van der Waals surface area contributed by atoms with Gasteiger partial charge in [0.2, 0.25) is 5.91 Å². The summed E-state index contributed by atoms with van der Waals surface area (Å²) in [7, 11) is 0. The number of rotatable bonds is 4. The van der Waals surface area contributed by atoms with E-state index in [1.54, 1.807) is 10.9 Å². The summed E-state index contributed by atoms with van der Waals surface area (Å²) < 4.78 is 1.78. The molecule has 0 radical (unpaired) electrons. The number of H-pyrrole nitrogens is 1. The Labute approximate surface area is 143 Å². The van der Waals surface area contributed by atoms with Crippen molar-refractivity contribution in [3.63, 3.8) is 0 Å². The molecule has 0 saturated carbocycles. The molecule has 8 heteroatoms. The zero-order valence-corrected chi connectivity index (χ0v) is 13.7. The third-order valence-corrected chi connectivity index (χ3v) is 4.06. The highest BCUT2D eigenvalue weighted by molar-refractivity contribution is 6.08. The number of nitrogens with one attached hydrogen (secondary N) is 2. The minimum absolute atomic E-state index is 0.0605. The summed E-state index contributed by atoms with van der Waals surface area (Å²) in [4.78, 5) is 15.5. The number of carbonyl (C=O) groups excluding carboxylic acids is 1. The molecule has 8 nitrogen and oxygen atoms in total. The minimum atomic E-state index is -0.0605. The fourth-order valence-electron chi connectivity index (χ4n) is 2.87. The Hall–Kier alpha value is -3.42. The molecule has 4 N–H and O–H groups in total. The summed E-state index contributed by atoms with van der Waals surface area (Å²) in [6.45, 7) is 2.58. The van der Waals surface area contributed by atoms with Gasteiger partial charge >= 0.3 is 0 Å². The van der Waals surface area contributed by atoms with Gasteiger partial charge in [0.15, 0.2) is 0 Å². The van der Waals surface area contributed by atoms with E-state index >= 15 is 0 Å². The van der Waals surface area contributed by atoms with Gasteiger partial charge in [-0.2, -0.15) is 10.2 Å². The topological polar surface area (TPSA) is 115 Å². The number of benzene rings is 1. The molecule has 0 spiro atoms. The SMILES string of the molecule is CC(=O)NCCn1cc2c(N)nc3cc(-c4ccn[nH]4)ccc3c2n1. The maximum Gasteiger partial charge on any atom is 0.216 e. The first-order valence-electron chi connectivity index (χ1n) is 7.92. The van der Waals surface area contributed by atoms with Gasteiger partial charge in [-0.1, -0.05) is 6.07 Å². The Bertz CT molecular complexity index is 1070. The summed E-state index contributed by atoms with van der Waals surface area (Å²) in [5, 5.41) is 16.0. The number of carbonyl (C=O) groups is 1. The molecule has 3 aromatic heterocycles. The number of hydrogen-bond acceptors (Lipinski definition) is 5. The molecule has 1 aromatic carbocycles. The first-order valence-corrected chi connectivity index (χ1v) is 7.92. The third kappa shape index (κ3) is 2.78. The van der Waals surface area contributed by atoms with E-state index in [9.17, 15) is 4.79 Å². The molecule has 0 saturated heterocycles. The average molecular weight is 335 g/mol. The highest BCUT2D eigenvalue weighted by atomic mass is 16.1. The molecule has 25 heavy (non-hydrogen) atoms. The number of aromatic amines is 1. The highest BCUT2D eigenvalue weighted by Crippen LogP contribution is 2.29. The van der Waals surface area contributed by atoms with Crippen molar-refractivity contribution in [2.24, 2.45) is 0 Å². The van der Waals surface area contributed by atoms with Crippen molar-refractivity contribution in [2.75, 3.05) is 12.3 Å². The second-order valence-electron chi connectivity index (χ2n) is 5.84. The van der Waals surface area contributed by atoms with Gasteiger partial charge in [0.1, 0.15) is 11.3 Å². The molecule has 0 unspecified atom stereocenters. The van der Waals surface area contributed by atoms with Gasteiger partial charge in [0, 0.05) is 36.8 Å². The van der Waals surface area contributed by atoms with Crippen LogP contribution in [0.1, 0.15) is 6.92 Å². The van der Waals surface area contributed by atoms with Gasteiger partial charge in [0.25, 0.3) is 0 Å². The lowest BCUT2D eigenvalue weighted by Crippen LogP contribution is -2.24. The molecule has 0 atom stereocenters. The van der Waals surface area contributed by atoms with E-state index in [2.05, 4.69) is 25.6 Å². The Morgan fingerprint density at radius 1 is 1.32 bits per heavy atom. The van der Waals surface area contributed by atoms with Crippen molar-refractivity contribution in [1.82, 2.24) is 30.3 Å². The summed E-state index contributed by atoms with van der Waals surface area (Å²) in [6, 6.07) is 7.86. The molecule has 0 aliphatic carbocycles. The van der Waals surface area contributed by atoms with Crippen LogP contribution in [0.5, 0.6) is 0 Å². The van der Waals surface area contributed by atoms with E-state index in [-0.39, 0.29) is 5.91 Å². The number of hydrogen-bond donors (Lipinski definition) is 3. The summed E-state index contributed by atoms with van der Waals surface area (Å²) in [5.41, 5.74) is 9.62. The Morgan fingerprint density at radius 3 is 2.96 bits per heavy atom. The maximum absolute atomic E-state index is 11.0. The van der Waals surface area contributed by atoms with Crippen molar-refractivity contribution >= 4 is 33.5 Å². The molecular weight excluding hydrogens is 318 g/mol. The predicted octanol–water partition coefficient (Wildman–Crippen LogP) is 1.69. The van der Waals surface area contributed by atoms with Gasteiger partial charge < -0.3 is 11.1 Å². The molecule has 1 amide bonds. The molecule has 4 rings (SSSR count). The summed E-state index contributed by atoms with van der Waals surface area (Å²) in [5.74, 6) is 0.379. The van der Waals surface area contributed by atoms with Crippen LogP contribution >= 0.6 is 0 Å². The Kier molecular flexibility index (Phi) is 3.57. The first-order chi connectivity index (χ1) is 12.1. The number of nitrogen functional groups attached to an aromatic ring is 1. The molecular formula is C17H17N7O. The van der Waals surface area contributed by atoms with Crippen molar-refractivity contribution in [1.29, 1.82) is 0 Å². The van der Waals surface area contributed by atoms with Gasteiger partial charge in [-0.15, -0.1) is 0 Å². The number of amides is 1. The van der Waals surface area contributed by atoms with Gasteiger partial charge in [0.05, 0.1) is 23.1 Å². The fourth-order valence-corrected chi connectivity index (χ4v) is 2.87. The Balaban J connectivity index is 1.77. The molecule has 4 aromatic rings. The molecule has 126 valence electrons. The lowest BCUT2D eigenvalue weighted by molar-refractivity contribution is -0.118. The van der Waals surface area contributed by atoms with Crippen LogP contribution in [0, 0.1) is 0 Å². The Morgan fingerprint density at radius 2 is 2.20 bits per heavy atom. The van der Waals surface area contributed by atoms with Gasteiger partial charge in [-0.05, 0) is 18.2 Å². The second-order valence-corrected chi connectivity index (χ2v) is 5.84. The van der Waals surface area contributed by atoms with E-state index in [0.717, 1.165) is 33.1 Å². The van der Waals surface area contributed by atoms with E-state index in [4.69, 9.17) is 5.73 Å². The van der Waals surface area contributed by atoms with E-state index in [1.807, 2.05) is 30.5 Å². The number of pyridine rings is 1.